The molecule has 0 amide bonds. The highest BCUT2D eigenvalue weighted by Gasteiger charge is 2.30. The Morgan fingerprint density at radius 1 is 1.24 bits per heavy atom. The minimum Gasteiger partial charge on any atom is -0.493 e. The van der Waals surface area contributed by atoms with E-state index in [2.05, 4.69) is 10.1 Å². The van der Waals surface area contributed by atoms with Crippen LogP contribution in [0.3, 0.4) is 0 Å². The maximum atomic E-state index is 13.0. The van der Waals surface area contributed by atoms with Gasteiger partial charge in [-0.1, -0.05) is 13.0 Å². The SMILES string of the molecule is COc1cc(CNc2ccc(S(=O)(=O)N3CCCC(C)C3)cc2[N+](=O)[O-])ccc1OC(F)F. The second-order valence-electron chi connectivity index (χ2n) is 7.76. The average molecular weight is 486 g/mol. The van der Waals surface area contributed by atoms with Crippen molar-refractivity contribution in [2.75, 3.05) is 25.5 Å². The minimum absolute atomic E-state index is 0.0845. The van der Waals surface area contributed by atoms with E-state index in [1.165, 1.54) is 41.7 Å². The third kappa shape index (κ3) is 5.88. The number of halogens is 2. The summed E-state index contributed by atoms with van der Waals surface area (Å²) >= 11 is 0. The monoisotopic (exact) mass is 485 g/mol. The fraction of sp³-hybridized carbons (Fsp3) is 0.429. The van der Waals surface area contributed by atoms with Crippen LogP contribution in [-0.2, 0) is 16.6 Å². The van der Waals surface area contributed by atoms with Gasteiger partial charge in [-0.3, -0.25) is 10.1 Å². The lowest BCUT2D eigenvalue weighted by Gasteiger charge is -2.30. The molecule has 0 radical (unpaired) electrons. The van der Waals surface area contributed by atoms with Crippen LogP contribution in [0.4, 0.5) is 20.2 Å². The molecule has 0 aliphatic carbocycles. The summed E-state index contributed by atoms with van der Waals surface area (Å²) in [5.74, 6) is 0.170. The lowest BCUT2D eigenvalue weighted by atomic mass is 10.0. The van der Waals surface area contributed by atoms with Gasteiger partial charge < -0.3 is 14.8 Å². The Bertz CT molecular complexity index is 1110. The van der Waals surface area contributed by atoms with E-state index in [1.54, 1.807) is 0 Å². The molecule has 0 saturated carbocycles. The maximum Gasteiger partial charge on any atom is 0.387 e. The van der Waals surface area contributed by atoms with Crippen LogP contribution in [0.1, 0.15) is 25.3 Å². The number of benzene rings is 2. The molecule has 1 aliphatic heterocycles. The summed E-state index contributed by atoms with van der Waals surface area (Å²) in [7, 11) is -2.55. The lowest BCUT2D eigenvalue weighted by Crippen LogP contribution is -2.39. The molecule has 3 rings (SSSR count). The highest BCUT2D eigenvalue weighted by atomic mass is 32.2. The van der Waals surface area contributed by atoms with Crippen molar-refractivity contribution in [3.05, 3.63) is 52.1 Å². The van der Waals surface area contributed by atoms with Gasteiger partial charge in [0.2, 0.25) is 10.0 Å². The first-order valence-electron chi connectivity index (χ1n) is 10.3. The third-order valence-corrected chi connectivity index (χ3v) is 7.21. The number of piperidine rings is 1. The number of rotatable bonds is 9. The first-order chi connectivity index (χ1) is 15.6. The Kier molecular flexibility index (Phi) is 7.69. The Labute approximate surface area is 190 Å². The Balaban J connectivity index is 1.81. The molecule has 9 nitrogen and oxygen atoms in total. The Hall–Kier alpha value is -2.99. The van der Waals surface area contributed by atoms with Crippen LogP contribution in [0.2, 0.25) is 0 Å². The lowest BCUT2D eigenvalue weighted by molar-refractivity contribution is -0.384. The summed E-state index contributed by atoms with van der Waals surface area (Å²) < 4.78 is 61.7. The summed E-state index contributed by atoms with van der Waals surface area (Å²) in [6.45, 7) is -0.176. The van der Waals surface area contributed by atoms with Gasteiger partial charge in [0.05, 0.1) is 16.9 Å². The summed E-state index contributed by atoms with van der Waals surface area (Å²) in [6.07, 6.45) is 1.68. The van der Waals surface area contributed by atoms with Crippen LogP contribution in [0.25, 0.3) is 0 Å². The van der Waals surface area contributed by atoms with E-state index in [0.29, 0.717) is 18.7 Å². The molecule has 1 unspecified atom stereocenters. The van der Waals surface area contributed by atoms with Crippen LogP contribution in [0.15, 0.2) is 41.3 Å². The van der Waals surface area contributed by atoms with Gasteiger partial charge in [0.1, 0.15) is 5.69 Å². The molecule has 1 N–H and O–H groups in total. The molecule has 0 aromatic heterocycles. The van der Waals surface area contributed by atoms with Crippen molar-refractivity contribution in [3.8, 4) is 11.5 Å². The maximum absolute atomic E-state index is 13.0. The van der Waals surface area contributed by atoms with E-state index in [-0.39, 0.29) is 40.2 Å². The fourth-order valence-corrected chi connectivity index (χ4v) is 5.32. The van der Waals surface area contributed by atoms with E-state index in [9.17, 15) is 27.3 Å². The summed E-state index contributed by atoms with van der Waals surface area (Å²) in [5.41, 5.74) is 0.324. The summed E-state index contributed by atoms with van der Waals surface area (Å²) in [6, 6.07) is 8.03. The number of nitro groups is 1. The molecule has 0 spiro atoms. The Morgan fingerprint density at radius 2 is 2.00 bits per heavy atom. The van der Waals surface area contributed by atoms with Crippen LogP contribution in [-0.4, -0.2) is 44.5 Å². The van der Waals surface area contributed by atoms with E-state index in [0.717, 1.165) is 18.9 Å². The van der Waals surface area contributed by atoms with Gasteiger partial charge in [0, 0.05) is 25.7 Å². The summed E-state index contributed by atoms with van der Waals surface area (Å²) in [4.78, 5) is 10.9. The molecule has 1 fully saturated rings. The van der Waals surface area contributed by atoms with Crippen molar-refractivity contribution in [2.45, 2.75) is 37.8 Å². The number of nitrogens with one attached hydrogen (secondary N) is 1. The predicted octanol–water partition coefficient (Wildman–Crippen LogP) is 4.24. The zero-order chi connectivity index (χ0) is 24.2. The standard InChI is InChI=1S/C21H25F2N3O6S/c1-14-4-3-9-25(13-14)33(29,30)16-6-7-17(18(11-16)26(27)28)24-12-15-5-8-19(32-21(22)23)20(10-15)31-2/h5-8,10-11,14,21,24H,3-4,9,12-13H2,1-2H3. The molecular weight excluding hydrogens is 460 g/mol. The van der Waals surface area contributed by atoms with E-state index >= 15 is 0 Å². The zero-order valence-electron chi connectivity index (χ0n) is 18.2. The Morgan fingerprint density at radius 3 is 2.64 bits per heavy atom. The molecule has 1 aliphatic rings. The second kappa shape index (κ2) is 10.3. The smallest absolute Gasteiger partial charge is 0.387 e. The molecule has 2 aromatic rings. The predicted molar refractivity (Wildman–Crippen MR) is 117 cm³/mol. The van der Waals surface area contributed by atoms with Gasteiger partial charge in [-0.2, -0.15) is 13.1 Å². The zero-order valence-corrected chi connectivity index (χ0v) is 19.0. The van der Waals surface area contributed by atoms with Crippen LogP contribution in [0, 0.1) is 16.0 Å². The van der Waals surface area contributed by atoms with Gasteiger partial charge in [0.15, 0.2) is 11.5 Å². The molecule has 2 aromatic carbocycles. The number of ether oxygens (including phenoxy) is 2. The molecule has 180 valence electrons. The van der Waals surface area contributed by atoms with Crippen molar-refractivity contribution in [2.24, 2.45) is 5.92 Å². The van der Waals surface area contributed by atoms with Crippen LogP contribution < -0.4 is 14.8 Å². The topological polar surface area (TPSA) is 111 Å². The van der Waals surface area contributed by atoms with Gasteiger partial charge >= 0.3 is 6.61 Å². The van der Waals surface area contributed by atoms with E-state index in [4.69, 9.17) is 4.74 Å². The van der Waals surface area contributed by atoms with Gasteiger partial charge in [-0.25, -0.2) is 8.42 Å². The quantitative estimate of drug-likeness (QED) is 0.418. The van der Waals surface area contributed by atoms with Crippen molar-refractivity contribution >= 4 is 21.4 Å². The largest absolute Gasteiger partial charge is 0.493 e. The van der Waals surface area contributed by atoms with Crippen molar-refractivity contribution in [1.29, 1.82) is 0 Å². The first kappa shape index (κ1) is 24.6. The van der Waals surface area contributed by atoms with Gasteiger partial charge in [-0.05, 0) is 48.6 Å². The van der Waals surface area contributed by atoms with E-state index in [1.807, 2.05) is 6.92 Å². The second-order valence-corrected chi connectivity index (χ2v) is 9.70. The number of hydrogen-bond acceptors (Lipinski definition) is 7. The molecule has 1 heterocycles. The highest BCUT2D eigenvalue weighted by molar-refractivity contribution is 7.89. The number of methoxy groups -OCH3 is 1. The number of sulfonamides is 1. The van der Waals surface area contributed by atoms with Gasteiger partial charge in [0.25, 0.3) is 5.69 Å². The molecule has 1 saturated heterocycles. The fourth-order valence-electron chi connectivity index (χ4n) is 3.70. The molecular formula is C21H25F2N3O6S. The van der Waals surface area contributed by atoms with Crippen LogP contribution in [0.5, 0.6) is 11.5 Å². The third-order valence-electron chi connectivity index (χ3n) is 5.35. The number of nitro benzene ring substituents is 1. The molecule has 1 atom stereocenters. The number of hydrogen-bond donors (Lipinski definition) is 1. The molecule has 33 heavy (non-hydrogen) atoms. The first-order valence-corrected chi connectivity index (χ1v) is 11.7. The van der Waals surface area contributed by atoms with Crippen molar-refractivity contribution in [3.63, 3.8) is 0 Å². The molecule has 0 bridgehead atoms. The highest BCUT2D eigenvalue weighted by Crippen LogP contribution is 2.32. The summed E-state index contributed by atoms with van der Waals surface area (Å²) in [5, 5.41) is 14.5. The van der Waals surface area contributed by atoms with Crippen LogP contribution >= 0.6 is 0 Å². The van der Waals surface area contributed by atoms with Gasteiger partial charge in [-0.15, -0.1) is 0 Å². The normalized spacial score (nSPS) is 17.1. The average Bonchev–Trinajstić information content (AvgIpc) is 2.77. The number of nitrogens with zero attached hydrogens (tertiary/aromatic N) is 2. The van der Waals surface area contributed by atoms with Crippen molar-refractivity contribution < 1.29 is 31.6 Å². The number of alkyl halides is 2. The molecule has 12 heteroatoms. The number of anilines is 1. The van der Waals surface area contributed by atoms with E-state index < -0.39 is 21.6 Å². The van der Waals surface area contributed by atoms with Crippen molar-refractivity contribution in [1.82, 2.24) is 4.31 Å². The minimum atomic E-state index is -3.85.